The monoisotopic (exact) mass is 255 g/mol. The third-order valence-electron chi connectivity index (χ3n) is 2.71. The molecule has 0 amide bonds. The first kappa shape index (κ1) is 14.2. The maximum Gasteiger partial charge on any atom is 0.123 e. The van der Waals surface area contributed by atoms with Gasteiger partial charge >= 0.3 is 0 Å². The van der Waals surface area contributed by atoms with E-state index in [0.717, 1.165) is 23.6 Å². The van der Waals surface area contributed by atoms with Crippen LogP contribution in [0.15, 0.2) is 24.3 Å². The van der Waals surface area contributed by atoms with Crippen LogP contribution >= 0.6 is 0 Å². The summed E-state index contributed by atoms with van der Waals surface area (Å²) in [6.07, 6.45) is 0. The number of nitrogens with one attached hydrogen (secondary N) is 1. The van der Waals surface area contributed by atoms with Gasteiger partial charge in [-0.3, -0.25) is 4.21 Å². The van der Waals surface area contributed by atoms with Crippen LogP contribution in [0.2, 0.25) is 0 Å². The lowest BCUT2D eigenvalue weighted by Gasteiger charge is -2.16. The van der Waals surface area contributed by atoms with Crippen molar-refractivity contribution in [1.82, 2.24) is 5.32 Å². The van der Waals surface area contributed by atoms with Gasteiger partial charge in [0.25, 0.3) is 0 Å². The molecule has 2 atom stereocenters. The van der Waals surface area contributed by atoms with Crippen molar-refractivity contribution in [2.24, 2.45) is 0 Å². The van der Waals surface area contributed by atoms with Gasteiger partial charge in [-0.25, -0.2) is 0 Å². The Balaban J connectivity index is 2.51. The summed E-state index contributed by atoms with van der Waals surface area (Å²) >= 11 is 0. The van der Waals surface area contributed by atoms with Gasteiger partial charge in [0.1, 0.15) is 5.75 Å². The third kappa shape index (κ3) is 4.48. The molecule has 0 saturated heterocycles. The normalized spacial score (nSPS) is 14.3. The molecular weight excluding hydrogens is 234 g/mol. The highest BCUT2D eigenvalue weighted by molar-refractivity contribution is 7.84. The molecule has 0 aliphatic rings. The molecule has 17 heavy (non-hydrogen) atoms. The molecule has 0 heterocycles. The smallest absolute Gasteiger partial charge is 0.123 e. The van der Waals surface area contributed by atoms with Gasteiger partial charge in [0.2, 0.25) is 0 Å². The summed E-state index contributed by atoms with van der Waals surface area (Å²) in [5.74, 6) is 2.32. The Bertz CT molecular complexity index is 368. The van der Waals surface area contributed by atoms with Crippen LogP contribution in [0.3, 0.4) is 0 Å². The molecule has 1 aromatic rings. The van der Waals surface area contributed by atoms with Gasteiger partial charge in [0.05, 0.1) is 7.11 Å². The first-order chi connectivity index (χ1) is 8.19. The van der Waals surface area contributed by atoms with Crippen molar-refractivity contribution in [3.63, 3.8) is 0 Å². The zero-order valence-electron chi connectivity index (χ0n) is 10.7. The molecular formula is C13H21NO2S. The van der Waals surface area contributed by atoms with Crippen LogP contribution in [0, 0.1) is 0 Å². The van der Waals surface area contributed by atoms with Crippen molar-refractivity contribution < 1.29 is 8.95 Å². The Morgan fingerprint density at radius 2 is 2.12 bits per heavy atom. The van der Waals surface area contributed by atoms with E-state index in [1.807, 2.05) is 31.2 Å². The summed E-state index contributed by atoms with van der Waals surface area (Å²) in [5.41, 5.74) is 1.14. The van der Waals surface area contributed by atoms with E-state index in [1.54, 1.807) is 7.11 Å². The quantitative estimate of drug-likeness (QED) is 0.811. The molecule has 4 heteroatoms. The van der Waals surface area contributed by atoms with Crippen LogP contribution in [0.25, 0.3) is 0 Å². The summed E-state index contributed by atoms with van der Waals surface area (Å²) in [6, 6.07) is 8.17. The highest BCUT2D eigenvalue weighted by Crippen LogP contribution is 2.23. The maximum absolute atomic E-state index is 11.3. The summed E-state index contributed by atoms with van der Waals surface area (Å²) in [6.45, 7) is 4.80. The zero-order valence-corrected chi connectivity index (χ0v) is 11.5. The highest BCUT2D eigenvalue weighted by atomic mass is 32.2. The second-order valence-corrected chi connectivity index (χ2v) is 5.72. The van der Waals surface area contributed by atoms with Gasteiger partial charge in [0, 0.05) is 40.5 Å². The number of ether oxygens (including phenoxy) is 1. The van der Waals surface area contributed by atoms with E-state index in [4.69, 9.17) is 4.74 Å². The van der Waals surface area contributed by atoms with Gasteiger partial charge in [-0.15, -0.1) is 0 Å². The Hall–Kier alpha value is -0.870. The minimum atomic E-state index is -0.701. The minimum absolute atomic E-state index is 0.208. The van der Waals surface area contributed by atoms with E-state index in [2.05, 4.69) is 12.2 Å². The number of hydrogen-bond acceptors (Lipinski definition) is 3. The molecule has 1 rings (SSSR count). The van der Waals surface area contributed by atoms with Crippen molar-refractivity contribution in [3.05, 3.63) is 29.8 Å². The van der Waals surface area contributed by atoms with Crippen LogP contribution in [-0.4, -0.2) is 29.4 Å². The standard InChI is InChI=1S/C13H21NO2S/c1-4-17(15)10-9-14-11(2)12-7-5-6-8-13(12)16-3/h5-8,11,14H,4,9-10H2,1-3H3. The SMILES string of the molecule is CCS(=O)CCNC(C)c1ccccc1OC. The molecule has 2 unspecified atom stereocenters. The van der Waals surface area contributed by atoms with Crippen molar-refractivity contribution >= 4 is 10.8 Å². The van der Waals surface area contributed by atoms with Gasteiger partial charge in [-0.1, -0.05) is 25.1 Å². The van der Waals surface area contributed by atoms with Crippen molar-refractivity contribution in [1.29, 1.82) is 0 Å². The Morgan fingerprint density at radius 1 is 1.41 bits per heavy atom. The summed E-state index contributed by atoms with van der Waals surface area (Å²) in [4.78, 5) is 0. The number of rotatable bonds is 7. The molecule has 0 aliphatic carbocycles. The van der Waals surface area contributed by atoms with E-state index in [-0.39, 0.29) is 6.04 Å². The predicted molar refractivity (Wildman–Crippen MR) is 73.0 cm³/mol. The molecule has 96 valence electrons. The number of para-hydroxylation sites is 1. The molecule has 0 fully saturated rings. The average molecular weight is 255 g/mol. The molecule has 0 bridgehead atoms. The highest BCUT2D eigenvalue weighted by Gasteiger charge is 2.09. The fourth-order valence-electron chi connectivity index (χ4n) is 1.67. The van der Waals surface area contributed by atoms with Crippen LogP contribution in [0.1, 0.15) is 25.5 Å². The van der Waals surface area contributed by atoms with Crippen molar-refractivity contribution in [2.75, 3.05) is 25.2 Å². The van der Waals surface area contributed by atoms with E-state index in [9.17, 15) is 4.21 Å². The van der Waals surface area contributed by atoms with Crippen LogP contribution < -0.4 is 10.1 Å². The fraction of sp³-hybridized carbons (Fsp3) is 0.538. The van der Waals surface area contributed by atoms with Gasteiger partial charge in [-0.05, 0) is 13.0 Å². The molecule has 1 aromatic carbocycles. The average Bonchev–Trinajstić information content (AvgIpc) is 2.38. The lowest BCUT2D eigenvalue weighted by atomic mass is 10.1. The van der Waals surface area contributed by atoms with E-state index in [1.165, 1.54) is 0 Å². The molecule has 0 radical (unpaired) electrons. The Kier molecular flexibility index (Phi) is 6.22. The largest absolute Gasteiger partial charge is 0.496 e. The maximum atomic E-state index is 11.3. The molecule has 0 aromatic heterocycles. The van der Waals surface area contributed by atoms with Gasteiger partial charge in [0.15, 0.2) is 0 Å². The summed E-state index contributed by atoms with van der Waals surface area (Å²) in [5, 5.41) is 3.37. The number of hydrogen-bond donors (Lipinski definition) is 1. The molecule has 1 N–H and O–H groups in total. The summed E-state index contributed by atoms with van der Waals surface area (Å²) in [7, 11) is 0.978. The molecule has 0 spiro atoms. The lowest BCUT2D eigenvalue weighted by molar-refractivity contribution is 0.402. The van der Waals surface area contributed by atoms with Gasteiger partial charge in [-0.2, -0.15) is 0 Å². The molecule has 3 nitrogen and oxygen atoms in total. The first-order valence-corrected chi connectivity index (χ1v) is 7.39. The van der Waals surface area contributed by atoms with E-state index < -0.39 is 10.8 Å². The van der Waals surface area contributed by atoms with Crippen molar-refractivity contribution in [2.45, 2.75) is 19.9 Å². The zero-order chi connectivity index (χ0) is 12.7. The number of benzene rings is 1. The summed E-state index contributed by atoms with van der Waals surface area (Å²) < 4.78 is 16.6. The Labute approximate surface area is 106 Å². The second kappa shape index (κ2) is 7.45. The van der Waals surface area contributed by atoms with Crippen LogP contribution in [0.4, 0.5) is 0 Å². The van der Waals surface area contributed by atoms with E-state index >= 15 is 0 Å². The van der Waals surface area contributed by atoms with Crippen LogP contribution in [0.5, 0.6) is 5.75 Å². The van der Waals surface area contributed by atoms with E-state index in [0.29, 0.717) is 5.75 Å². The van der Waals surface area contributed by atoms with Crippen molar-refractivity contribution in [3.8, 4) is 5.75 Å². The third-order valence-corrected chi connectivity index (χ3v) is 4.01. The Morgan fingerprint density at radius 3 is 2.76 bits per heavy atom. The fourth-order valence-corrected chi connectivity index (χ4v) is 2.30. The second-order valence-electron chi connectivity index (χ2n) is 3.85. The molecule has 0 aliphatic heterocycles. The van der Waals surface area contributed by atoms with Crippen LogP contribution in [-0.2, 0) is 10.8 Å². The lowest BCUT2D eigenvalue weighted by Crippen LogP contribution is -2.24. The number of methoxy groups -OCH3 is 1. The molecule has 0 saturated carbocycles. The predicted octanol–water partition coefficient (Wildman–Crippen LogP) is 2.11. The minimum Gasteiger partial charge on any atom is -0.496 e. The topological polar surface area (TPSA) is 38.3 Å². The first-order valence-electron chi connectivity index (χ1n) is 5.90. The van der Waals surface area contributed by atoms with Gasteiger partial charge < -0.3 is 10.1 Å².